The van der Waals surface area contributed by atoms with E-state index in [0.29, 0.717) is 0 Å². The first-order valence-electron chi connectivity index (χ1n) is 9.61. The number of ether oxygens (including phenoxy) is 1. The van der Waals surface area contributed by atoms with Crippen LogP contribution >= 0.6 is 0 Å². The van der Waals surface area contributed by atoms with Crippen molar-refractivity contribution >= 4 is 44.4 Å². The van der Waals surface area contributed by atoms with Gasteiger partial charge in [-0.05, 0) is 58.7 Å². The van der Waals surface area contributed by atoms with Gasteiger partial charge in [0.15, 0.2) is 0 Å². The van der Waals surface area contributed by atoms with Gasteiger partial charge in [0.2, 0.25) is 0 Å². The van der Waals surface area contributed by atoms with Crippen molar-refractivity contribution in [2.45, 2.75) is 38.8 Å². The summed E-state index contributed by atoms with van der Waals surface area (Å²) in [5.74, 6) is -1.10. The number of benzene rings is 4. The lowest BCUT2D eigenvalue weighted by atomic mass is 9.89. The van der Waals surface area contributed by atoms with E-state index < -0.39 is 23.7 Å². The minimum Gasteiger partial charge on any atom is -0.480 e. The summed E-state index contributed by atoms with van der Waals surface area (Å²) < 4.78 is 5.24. The number of hydrogen-bond donors (Lipinski definition) is 2. The highest BCUT2D eigenvalue weighted by molar-refractivity contribution is 6.23. The first kappa shape index (κ1) is 19.0. The lowest BCUT2D eigenvalue weighted by Crippen LogP contribution is -2.44. The average molecular weight is 389 g/mol. The van der Waals surface area contributed by atoms with Gasteiger partial charge in [-0.2, -0.15) is 0 Å². The van der Waals surface area contributed by atoms with Crippen molar-refractivity contribution in [1.82, 2.24) is 5.32 Å². The number of carboxylic acid groups (broad SMARTS) is 1. The smallest absolute Gasteiger partial charge is 0.408 e. The Bertz CT molecular complexity index is 1220. The van der Waals surface area contributed by atoms with E-state index in [1.807, 2.05) is 30.3 Å². The maximum atomic E-state index is 12.1. The second-order valence-corrected chi connectivity index (χ2v) is 8.33. The minimum atomic E-state index is -1.10. The molecule has 4 aromatic carbocycles. The molecule has 0 saturated heterocycles. The molecule has 0 saturated carbocycles. The van der Waals surface area contributed by atoms with Crippen LogP contribution in [-0.4, -0.2) is 28.8 Å². The first-order valence-corrected chi connectivity index (χ1v) is 9.61. The van der Waals surface area contributed by atoms with Crippen molar-refractivity contribution in [3.8, 4) is 0 Å². The van der Waals surface area contributed by atoms with Crippen LogP contribution in [0.5, 0.6) is 0 Å². The molecule has 0 aliphatic carbocycles. The summed E-state index contributed by atoms with van der Waals surface area (Å²) >= 11 is 0. The third kappa shape index (κ3) is 3.68. The molecule has 4 aromatic rings. The summed E-state index contributed by atoms with van der Waals surface area (Å²) in [6.07, 6.45) is -0.569. The Labute approximate surface area is 168 Å². The van der Waals surface area contributed by atoms with E-state index in [0.717, 1.165) is 32.5 Å². The van der Waals surface area contributed by atoms with Crippen LogP contribution in [0.15, 0.2) is 54.6 Å². The van der Waals surface area contributed by atoms with Gasteiger partial charge in [-0.25, -0.2) is 9.59 Å². The van der Waals surface area contributed by atoms with Gasteiger partial charge >= 0.3 is 12.1 Å². The van der Waals surface area contributed by atoms with Gasteiger partial charge in [0, 0.05) is 6.42 Å². The molecule has 1 amide bonds. The molecule has 0 bridgehead atoms. The van der Waals surface area contributed by atoms with Crippen LogP contribution in [0, 0.1) is 0 Å². The van der Waals surface area contributed by atoms with Crippen molar-refractivity contribution in [2.75, 3.05) is 0 Å². The van der Waals surface area contributed by atoms with Crippen LogP contribution in [0.25, 0.3) is 32.3 Å². The Morgan fingerprint density at radius 2 is 1.59 bits per heavy atom. The Balaban J connectivity index is 1.78. The van der Waals surface area contributed by atoms with Gasteiger partial charge in [-0.3, -0.25) is 0 Å². The summed E-state index contributed by atoms with van der Waals surface area (Å²) in [4.78, 5) is 24.0. The summed E-state index contributed by atoms with van der Waals surface area (Å²) in [7, 11) is 0. The maximum Gasteiger partial charge on any atom is 0.408 e. The number of carbonyl (C=O) groups is 2. The average Bonchev–Trinajstić information content (AvgIpc) is 2.64. The number of carbonyl (C=O) groups excluding carboxylic acids is 1. The van der Waals surface area contributed by atoms with E-state index in [1.54, 1.807) is 20.8 Å². The molecule has 29 heavy (non-hydrogen) atoms. The molecule has 1 atom stereocenters. The zero-order valence-corrected chi connectivity index (χ0v) is 16.7. The molecule has 0 radical (unpaired) electrons. The van der Waals surface area contributed by atoms with Gasteiger partial charge in [0.05, 0.1) is 0 Å². The molecular weight excluding hydrogens is 366 g/mol. The lowest BCUT2D eigenvalue weighted by molar-refractivity contribution is -0.139. The lowest BCUT2D eigenvalue weighted by Gasteiger charge is -2.22. The molecule has 0 heterocycles. The van der Waals surface area contributed by atoms with Crippen LogP contribution in [0.4, 0.5) is 4.79 Å². The van der Waals surface area contributed by atoms with Gasteiger partial charge in [0.25, 0.3) is 0 Å². The molecule has 5 nitrogen and oxygen atoms in total. The Kier molecular flexibility index (Phi) is 4.53. The fraction of sp³-hybridized carbons (Fsp3) is 0.250. The maximum absolute atomic E-state index is 12.1. The quantitative estimate of drug-likeness (QED) is 0.476. The zero-order valence-electron chi connectivity index (χ0n) is 16.7. The standard InChI is InChI=1S/C24H23NO4/c1-24(2,3)29-23(28)25-19(22(26)27)13-17-12-16-8-4-6-14-10-11-15-7-5-9-18(17)21(15)20(14)16/h4-12,19H,13H2,1-3H3,(H,25,28)(H,26,27). The topological polar surface area (TPSA) is 75.6 Å². The van der Waals surface area contributed by atoms with Gasteiger partial charge in [-0.1, -0.05) is 54.6 Å². The number of nitrogens with one attached hydrogen (secondary N) is 1. The van der Waals surface area contributed by atoms with Gasteiger partial charge in [-0.15, -0.1) is 0 Å². The van der Waals surface area contributed by atoms with Crippen molar-refractivity contribution in [3.63, 3.8) is 0 Å². The normalized spacial score (nSPS) is 13.1. The van der Waals surface area contributed by atoms with E-state index in [2.05, 4.69) is 29.6 Å². The fourth-order valence-corrected chi connectivity index (χ4v) is 3.88. The molecule has 0 fully saturated rings. The van der Waals surface area contributed by atoms with Crippen molar-refractivity contribution in [3.05, 3.63) is 60.2 Å². The van der Waals surface area contributed by atoms with Gasteiger partial charge < -0.3 is 15.2 Å². The van der Waals surface area contributed by atoms with Crippen molar-refractivity contribution in [2.24, 2.45) is 0 Å². The molecule has 4 rings (SSSR count). The number of aliphatic carboxylic acids is 1. The summed E-state index contributed by atoms with van der Waals surface area (Å²) in [5.41, 5.74) is 0.183. The monoisotopic (exact) mass is 389 g/mol. The van der Waals surface area contributed by atoms with Gasteiger partial charge in [0.1, 0.15) is 11.6 Å². The molecule has 148 valence electrons. The molecule has 0 spiro atoms. The Morgan fingerprint density at radius 1 is 0.966 bits per heavy atom. The second kappa shape index (κ2) is 6.92. The molecule has 1 unspecified atom stereocenters. The van der Waals surface area contributed by atoms with E-state index in [-0.39, 0.29) is 6.42 Å². The highest BCUT2D eigenvalue weighted by Gasteiger charge is 2.25. The molecule has 5 heteroatoms. The van der Waals surface area contributed by atoms with E-state index in [4.69, 9.17) is 4.74 Å². The van der Waals surface area contributed by atoms with Crippen molar-refractivity contribution in [1.29, 1.82) is 0 Å². The summed E-state index contributed by atoms with van der Waals surface area (Å²) in [6.45, 7) is 5.22. The summed E-state index contributed by atoms with van der Waals surface area (Å²) in [6, 6.07) is 17.3. The molecule has 0 aromatic heterocycles. The van der Waals surface area contributed by atoms with Crippen LogP contribution in [0.2, 0.25) is 0 Å². The number of amides is 1. The van der Waals surface area contributed by atoms with E-state index in [9.17, 15) is 14.7 Å². The number of hydrogen-bond acceptors (Lipinski definition) is 3. The number of rotatable bonds is 4. The Hall–Kier alpha value is -3.34. The molecule has 0 aliphatic rings. The van der Waals surface area contributed by atoms with Crippen LogP contribution in [-0.2, 0) is 16.0 Å². The fourth-order valence-electron chi connectivity index (χ4n) is 3.88. The molecule has 2 N–H and O–H groups in total. The highest BCUT2D eigenvalue weighted by atomic mass is 16.6. The number of alkyl carbamates (subject to hydrolysis) is 1. The third-order valence-corrected chi connectivity index (χ3v) is 5.01. The second-order valence-electron chi connectivity index (χ2n) is 8.33. The highest BCUT2D eigenvalue weighted by Crippen LogP contribution is 2.36. The van der Waals surface area contributed by atoms with Crippen LogP contribution in [0.1, 0.15) is 26.3 Å². The largest absolute Gasteiger partial charge is 0.480 e. The van der Waals surface area contributed by atoms with E-state index >= 15 is 0 Å². The predicted octanol–water partition coefficient (Wildman–Crippen LogP) is 5.10. The minimum absolute atomic E-state index is 0.165. The SMILES string of the molecule is CC(C)(C)OC(=O)NC(Cc1cc2cccc3ccc4cccc1c4c32)C(=O)O. The van der Waals surface area contributed by atoms with Crippen LogP contribution < -0.4 is 5.32 Å². The third-order valence-electron chi connectivity index (χ3n) is 5.01. The Morgan fingerprint density at radius 3 is 2.24 bits per heavy atom. The zero-order chi connectivity index (χ0) is 20.8. The molecule has 0 aliphatic heterocycles. The summed E-state index contributed by atoms with van der Waals surface area (Å²) in [5, 5.41) is 18.8. The van der Waals surface area contributed by atoms with Crippen LogP contribution in [0.3, 0.4) is 0 Å². The predicted molar refractivity (Wildman–Crippen MR) is 115 cm³/mol. The first-order chi connectivity index (χ1) is 13.7. The number of carboxylic acids is 1. The van der Waals surface area contributed by atoms with Crippen molar-refractivity contribution < 1.29 is 19.4 Å². The van der Waals surface area contributed by atoms with E-state index in [1.165, 1.54) is 5.39 Å². The molecular formula is C24H23NO4.